The normalized spacial score (nSPS) is 27.9. The fourth-order valence-electron chi connectivity index (χ4n) is 4.83. The molecule has 0 unspecified atom stereocenters. The molecule has 33 heavy (non-hydrogen) atoms. The van der Waals surface area contributed by atoms with E-state index < -0.39 is 33.1 Å². The summed E-state index contributed by atoms with van der Waals surface area (Å²) in [6, 6.07) is 0. The second kappa shape index (κ2) is 8.20. The van der Waals surface area contributed by atoms with E-state index in [1.807, 2.05) is 14.1 Å². The fraction of sp³-hybridized carbons (Fsp3) is 0.714. The molecule has 2 fully saturated rings. The molecule has 0 bridgehead atoms. The third-order valence-corrected chi connectivity index (χ3v) is 12.0. The molecule has 2 aromatic rings. The second-order valence-corrected chi connectivity index (χ2v) is 16.6. The first-order valence-corrected chi connectivity index (χ1v) is 13.6. The first-order valence-electron chi connectivity index (χ1n) is 11.0. The maximum absolute atomic E-state index is 12.9. The minimum absolute atomic E-state index is 0.221. The number of ether oxygens (including phenoxy) is 1. The zero-order valence-corrected chi connectivity index (χ0v) is 22.2. The Morgan fingerprint density at radius 2 is 1.94 bits per heavy atom. The van der Waals surface area contributed by atoms with Gasteiger partial charge < -0.3 is 23.6 Å². The third-order valence-electron chi connectivity index (χ3n) is 6.04. The van der Waals surface area contributed by atoms with Crippen molar-refractivity contribution in [3.05, 3.63) is 15.9 Å². The summed E-state index contributed by atoms with van der Waals surface area (Å²) < 4.78 is 21.3. The van der Waals surface area contributed by atoms with Crippen LogP contribution in [0.3, 0.4) is 0 Å². The summed E-state index contributed by atoms with van der Waals surface area (Å²) >= 11 is 1.01. The van der Waals surface area contributed by atoms with Crippen LogP contribution in [-0.2, 0) is 13.6 Å². The second-order valence-electron chi connectivity index (χ2n) is 10.9. The summed E-state index contributed by atoms with van der Waals surface area (Å²) in [6.45, 7) is 13.0. The predicted molar refractivity (Wildman–Crippen MR) is 129 cm³/mol. The molecule has 0 radical (unpaired) electrons. The van der Waals surface area contributed by atoms with Crippen molar-refractivity contribution in [2.45, 2.75) is 76.2 Å². The highest BCUT2D eigenvalue weighted by Gasteiger charge is 2.65. The van der Waals surface area contributed by atoms with Crippen molar-refractivity contribution in [2.24, 2.45) is 4.99 Å². The largest absolute Gasteiger partial charge is 0.391 e. The van der Waals surface area contributed by atoms with Gasteiger partial charge in [-0.05, 0) is 0 Å². The van der Waals surface area contributed by atoms with Gasteiger partial charge in [0.2, 0.25) is 0 Å². The van der Waals surface area contributed by atoms with Crippen molar-refractivity contribution < 1.29 is 18.7 Å². The standard InChI is InChI=1S/C21H33N5O5SSi/c1-20(2,3)33(21(4,5)6)29-10-12-15(31-33)14(27)17(30-12)26-16-13(32-19(26)28)9-22-18(24-16)23-11-25(7)8/h9,11-12,14-15,17,27H,10H2,1-8H3/t12-,14-,15+,17-/m1/s1. The summed E-state index contributed by atoms with van der Waals surface area (Å²) in [5.41, 5.74) is 0.379. The SMILES string of the molecule is CN(C)C=Nc1ncc2sc(=O)n([C@@H]3O[C@@H]4CO[Si](C(C)(C)C)(C(C)(C)C)O[C@@H]4[C@H]3O)c2n1. The minimum atomic E-state index is -2.80. The lowest BCUT2D eigenvalue weighted by atomic mass is 10.1. The van der Waals surface area contributed by atoms with E-state index in [1.54, 1.807) is 17.4 Å². The molecule has 0 saturated carbocycles. The van der Waals surface area contributed by atoms with Crippen molar-refractivity contribution >= 4 is 42.5 Å². The van der Waals surface area contributed by atoms with Gasteiger partial charge in [-0.2, -0.15) is 4.98 Å². The van der Waals surface area contributed by atoms with Gasteiger partial charge in [-0.25, -0.2) is 9.98 Å². The predicted octanol–water partition coefficient (Wildman–Crippen LogP) is 2.79. The number of rotatable bonds is 3. The Morgan fingerprint density at radius 3 is 2.55 bits per heavy atom. The molecule has 2 aromatic heterocycles. The quantitative estimate of drug-likeness (QED) is 0.393. The maximum atomic E-state index is 12.9. The number of hydrogen-bond acceptors (Lipinski definition) is 9. The highest BCUT2D eigenvalue weighted by molar-refractivity contribution is 7.16. The lowest BCUT2D eigenvalue weighted by Gasteiger charge is -2.53. The lowest BCUT2D eigenvalue weighted by Crippen LogP contribution is -2.65. The minimum Gasteiger partial charge on any atom is -0.391 e. The van der Waals surface area contributed by atoms with E-state index in [9.17, 15) is 9.90 Å². The molecule has 0 amide bonds. The number of fused-ring (bicyclic) bond motifs is 2. The van der Waals surface area contributed by atoms with Gasteiger partial charge in [-0.1, -0.05) is 52.9 Å². The third kappa shape index (κ3) is 4.06. The molecule has 10 nitrogen and oxygen atoms in total. The average Bonchev–Trinajstić information content (AvgIpc) is 3.19. The van der Waals surface area contributed by atoms with E-state index in [1.165, 1.54) is 4.57 Å². The highest BCUT2D eigenvalue weighted by Crippen LogP contribution is 2.55. The van der Waals surface area contributed by atoms with Gasteiger partial charge in [-0.3, -0.25) is 9.36 Å². The van der Waals surface area contributed by atoms with Crippen LogP contribution in [0.25, 0.3) is 10.3 Å². The Morgan fingerprint density at radius 1 is 1.27 bits per heavy atom. The smallest absolute Gasteiger partial charge is 0.349 e. The van der Waals surface area contributed by atoms with Crippen LogP contribution in [0, 0.1) is 0 Å². The van der Waals surface area contributed by atoms with Gasteiger partial charge in [-0.15, -0.1) is 0 Å². The van der Waals surface area contributed by atoms with Crippen molar-refractivity contribution in [1.29, 1.82) is 0 Å². The van der Waals surface area contributed by atoms with E-state index in [2.05, 4.69) is 56.5 Å². The molecular weight excluding hydrogens is 462 g/mol. The molecule has 0 spiro atoms. The van der Waals surface area contributed by atoms with E-state index in [4.69, 9.17) is 13.6 Å². The molecule has 1 N–H and O–H groups in total. The summed E-state index contributed by atoms with van der Waals surface area (Å²) in [6.07, 6.45) is 0.0944. The van der Waals surface area contributed by atoms with Crippen molar-refractivity contribution in [1.82, 2.24) is 19.4 Å². The summed E-state index contributed by atoms with van der Waals surface area (Å²) in [5, 5.41) is 10.9. The number of thiazole rings is 1. The van der Waals surface area contributed by atoms with Gasteiger partial charge in [0.1, 0.15) is 18.3 Å². The highest BCUT2D eigenvalue weighted by atomic mass is 32.1. The number of nitrogens with zero attached hydrogens (tertiary/aromatic N) is 5. The monoisotopic (exact) mass is 495 g/mol. The Hall–Kier alpha value is -1.70. The number of aromatic nitrogens is 3. The zero-order chi connectivity index (χ0) is 24.3. The van der Waals surface area contributed by atoms with Crippen LogP contribution < -0.4 is 4.87 Å². The molecule has 2 saturated heterocycles. The molecule has 2 aliphatic rings. The van der Waals surface area contributed by atoms with Crippen LogP contribution in [0.4, 0.5) is 5.95 Å². The molecular formula is C21H33N5O5SSi. The molecule has 2 aliphatic heterocycles. The summed E-state index contributed by atoms with van der Waals surface area (Å²) in [4.78, 5) is 27.3. The van der Waals surface area contributed by atoms with Gasteiger partial charge in [0, 0.05) is 24.2 Å². The number of aliphatic hydroxyl groups is 1. The first kappa shape index (κ1) is 24.4. The molecule has 4 atom stereocenters. The van der Waals surface area contributed by atoms with Gasteiger partial charge in [0.15, 0.2) is 11.9 Å². The Balaban J connectivity index is 1.71. The fourth-order valence-corrected chi connectivity index (χ4v) is 10.6. The van der Waals surface area contributed by atoms with E-state index >= 15 is 0 Å². The van der Waals surface area contributed by atoms with Crippen molar-refractivity contribution in [3.8, 4) is 0 Å². The van der Waals surface area contributed by atoms with E-state index in [0.717, 1.165) is 11.3 Å². The van der Waals surface area contributed by atoms with Crippen molar-refractivity contribution in [3.63, 3.8) is 0 Å². The molecule has 4 heterocycles. The first-order chi connectivity index (χ1) is 15.2. The maximum Gasteiger partial charge on any atom is 0.349 e. The molecule has 4 rings (SSSR count). The van der Waals surface area contributed by atoms with Gasteiger partial charge in [0.05, 0.1) is 23.8 Å². The molecule has 12 heteroatoms. The lowest BCUT2D eigenvalue weighted by molar-refractivity contribution is -0.0798. The van der Waals surface area contributed by atoms with Crippen LogP contribution in [0.5, 0.6) is 0 Å². The van der Waals surface area contributed by atoms with Gasteiger partial charge >= 0.3 is 13.4 Å². The van der Waals surface area contributed by atoms with Crippen LogP contribution in [0.1, 0.15) is 47.8 Å². The number of aliphatic hydroxyl groups excluding tert-OH is 1. The van der Waals surface area contributed by atoms with Crippen molar-refractivity contribution in [2.75, 3.05) is 20.7 Å². The Kier molecular flexibility index (Phi) is 6.07. The summed E-state index contributed by atoms with van der Waals surface area (Å²) in [7, 11) is 0.882. The average molecular weight is 496 g/mol. The zero-order valence-electron chi connectivity index (χ0n) is 20.4. The number of hydrogen-bond donors (Lipinski definition) is 1. The van der Waals surface area contributed by atoms with E-state index in [-0.39, 0.29) is 20.9 Å². The van der Waals surface area contributed by atoms with Crippen LogP contribution in [0.15, 0.2) is 16.0 Å². The van der Waals surface area contributed by atoms with Crippen LogP contribution in [-0.4, -0.2) is 78.5 Å². The molecule has 0 aromatic carbocycles. The Bertz CT molecular complexity index is 1100. The van der Waals surface area contributed by atoms with Crippen LogP contribution in [0.2, 0.25) is 10.1 Å². The van der Waals surface area contributed by atoms with E-state index in [0.29, 0.717) is 17.0 Å². The molecule has 0 aliphatic carbocycles. The Labute approximate surface area is 198 Å². The molecule has 182 valence electrons. The topological polar surface area (TPSA) is 111 Å². The summed E-state index contributed by atoms with van der Waals surface area (Å²) in [5.74, 6) is 0.221. The number of aliphatic imine (C=N–C) groups is 1. The van der Waals surface area contributed by atoms with Crippen LogP contribution >= 0.6 is 11.3 Å². The van der Waals surface area contributed by atoms with Gasteiger partial charge in [0.25, 0.3) is 5.95 Å².